The number of nitrogens with one attached hydrogen (secondary N) is 1. The number of rotatable bonds is 3. The van der Waals surface area contributed by atoms with Gasteiger partial charge in [0.15, 0.2) is 0 Å². The highest BCUT2D eigenvalue weighted by Gasteiger charge is 2.32. The molecule has 0 radical (unpaired) electrons. The number of nitrogens with zero attached hydrogens (tertiary/aromatic N) is 1. The molecule has 1 aromatic carbocycles. The van der Waals surface area contributed by atoms with Crippen molar-refractivity contribution in [1.29, 1.82) is 0 Å². The summed E-state index contributed by atoms with van der Waals surface area (Å²) in [5.74, 6) is 0.959. The molecular weight excluding hydrogens is 232 g/mol. The average molecular weight is 258 g/mol. The molecule has 1 N–H and O–H groups in total. The Morgan fingerprint density at radius 3 is 2.79 bits per heavy atom. The molecule has 1 saturated carbocycles. The first kappa shape index (κ1) is 13.1. The van der Waals surface area contributed by atoms with Crippen LogP contribution in [0.3, 0.4) is 0 Å². The highest BCUT2D eigenvalue weighted by atomic mass is 15.2. The zero-order valence-corrected chi connectivity index (χ0v) is 12.3. The summed E-state index contributed by atoms with van der Waals surface area (Å²) in [5, 5.41) is 3.74. The largest absolute Gasteiger partial charge is 0.312 e. The van der Waals surface area contributed by atoms with Crippen LogP contribution in [0.15, 0.2) is 18.2 Å². The Morgan fingerprint density at radius 2 is 2.05 bits per heavy atom. The van der Waals surface area contributed by atoms with Crippen LogP contribution in [0.5, 0.6) is 0 Å². The standard InChI is InChI=1S/C17H26N2/c1-13-4-5-15(10-14(13)2)11-19-9-3-8-18-17(12-19)16-6-7-16/h4-5,10,16-18H,3,6-9,11-12H2,1-2H3. The van der Waals surface area contributed by atoms with E-state index in [4.69, 9.17) is 0 Å². The van der Waals surface area contributed by atoms with Crippen molar-refractivity contribution in [2.24, 2.45) is 5.92 Å². The molecule has 0 bridgehead atoms. The van der Waals surface area contributed by atoms with E-state index in [1.54, 1.807) is 0 Å². The Morgan fingerprint density at radius 1 is 1.21 bits per heavy atom. The fourth-order valence-corrected chi connectivity index (χ4v) is 3.14. The monoisotopic (exact) mass is 258 g/mol. The summed E-state index contributed by atoms with van der Waals surface area (Å²) in [5.41, 5.74) is 4.29. The Hall–Kier alpha value is -0.860. The number of aryl methyl sites for hydroxylation is 2. The molecule has 1 heterocycles. The van der Waals surface area contributed by atoms with Crippen molar-refractivity contribution in [3.63, 3.8) is 0 Å². The van der Waals surface area contributed by atoms with Gasteiger partial charge >= 0.3 is 0 Å². The number of hydrogen-bond acceptors (Lipinski definition) is 2. The molecule has 2 aliphatic rings. The van der Waals surface area contributed by atoms with Crippen LogP contribution in [0.4, 0.5) is 0 Å². The molecule has 2 nitrogen and oxygen atoms in total. The molecule has 3 rings (SSSR count). The van der Waals surface area contributed by atoms with E-state index in [0.29, 0.717) is 0 Å². The maximum atomic E-state index is 3.74. The van der Waals surface area contributed by atoms with Gasteiger partial charge in [-0.2, -0.15) is 0 Å². The van der Waals surface area contributed by atoms with Gasteiger partial charge in [0.25, 0.3) is 0 Å². The van der Waals surface area contributed by atoms with E-state index in [1.807, 2.05) is 0 Å². The molecular formula is C17H26N2. The minimum atomic E-state index is 0.744. The number of benzene rings is 1. The maximum Gasteiger partial charge on any atom is 0.0234 e. The Kier molecular flexibility index (Phi) is 3.90. The van der Waals surface area contributed by atoms with E-state index in [-0.39, 0.29) is 0 Å². The van der Waals surface area contributed by atoms with Crippen LogP contribution < -0.4 is 5.32 Å². The molecule has 1 unspecified atom stereocenters. The smallest absolute Gasteiger partial charge is 0.0234 e. The second-order valence-electron chi connectivity index (χ2n) is 6.41. The van der Waals surface area contributed by atoms with E-state index in [0.717, 1.165) is 18.5 Å². The topological polar surface area (TPSA) is 15.3 Å². The van der Waals surface area contributed by atoms with Crippen molar-refractivity contribution >= 4 is 0 Å². The second-order valence-corrected chi connectivity index (χ2v) is 6.41. The van der Waals surface area contributed by atoms with Crippen LogP contribution in [0, 0.1) is 19.8 Å². The molecule has 1 aliphatic carbocycles. The van der Waals surface area contributed by atoms with Crippen LogP contribution in [-0.4, -0.2) is 30.6 Å². The molecule has 0 spiro atoms. The summed E-state index contributed by atoms with van der Waals surface area (Å²) in [6, 6.07) is 7.67. The van der Waals surface area contributed by atoms with E-state index < -0.39 is 0 Å². The highest BCUT2D eigenvalue weighted by Crippen LogP contribution is 2.33. The van der Waals surface area contributed by atoms with Gasteiger partial charge in [0.2, 0.25) is 0 Å². The quantitative estimate of drug-likeness (QED) is 0.897. The van der Waals surface area contributed by atoms with Gasteiger partial charge in [-0.25, -0.2) is 0 Å². The summed E-state index contributed by atoms with van der Waals surface area (Å²) in [6.45, 7) is 9.20. The van der Waals surface area contributed by atoms with Crippen LogP contribution in [0.2, 0.25) is 0 Å². The lowest BCUT2D eigenvalue weighted by molar-refractivity contribution is 0.251. The first-order valence-electron chi connectivity index (χ1n) is 7.74. The van der Waals surface area contributed by atoms with Gasteiger partial charge in [-0.1, -0.05) is 18.2 Å². The summed E-state index contributed by atoms with van der Waals surface area (Å²) >= 11 is 0. The molecule has 104 valence electrons. The van der Waals surface area contributed by atoms with Crippen molar-refractivity contribution < 1.29 is 0 Å². The third kappa shape index (κ3) is 3.37. The minimum absolute atomic E-state index is 0.744. The van der Waals surface area contributed by atoms with Crippen LogP contribution in [0.25, 0.3) is 0 Å². The summed E-state index contributed by atoms with van der Waals surface area (Å²) in [7, 11) is 0. The van der Waals surface area contributed by atoms with Gasteiger partial charge in [0.1, 0.15) is 0 Å². The predicted molar refractivity (Wildman–Crippen MR) is 80.3 cm³/mol. The first-order chi connectivity index (χ1) is 9.22. The van der Waals surface area contributed by atoms with Gasteiger partial charge in [-0.05, 0) is 68.8 Å². The van der Waals surface area contributed by atoms with Gasteiger partial charge in [-0.3, -0.25) is 4.90 Å². The van der Waals surface area contributed by atoms with Crippen molar-refractivity contribution in [3.05, 3.63) is 34.9 Å². The Labute approximate surface area is 117 Å². The van der Waals surface area contributed by atoms with Gasteiger partial charge in [-0.15, -0.1) is 0 Å². The predicted octanol–water partition coefficient (Wildman–Crippen LogP) is 2.88. The zero-order valence-electron chi connectivity index (χ0n) is 12.3. The normalized spacial score (nSPS) is 25.3. The SMILES string of the molecule is Cc1ccc(CN2CCCNC(C3CC3)C2)cc1C. The van der Waals surface area contributed by atoms with Crippen LogP contribution in [-0.2, 0) is 6.54 Å². The number of hydrogen-bond donors (Lipinski definition) is 1. The Balaban J connectivity index is 1.65. The molecule has 1 saturated heterocycles. The van der Waals surface area contributed by atoms with E-state index in [9.17, 15) is 0 Å². The molecule has 1 aromatic rings. The third-order valence-electron chi connectivity index (χ3n) is 4.68. The first-order valence-corrected chi connectivity index (χ1v) is 7.74. The van der Waals surface area contributed by atoms with Crippen molar-refractivity contribution in [3.8, 4) is 0 Å². The molecule has 1 aliphatic heterocycles. The second kappa shape index (κ2) is 5.64. The lowest BCUT2D eigenvalue weighted by Crippen LogP contribution is -2.38. The zero-order chi connectivity index (χ0) is 13.2. The highest BCUT2D eigenvalue weighted by molar-refractivity contribution is 5.29. The Bertz CT molecular complexity index is 437. The molecule has 1 atom stereocenters. The lowest BCUT2D eigenvalue weighted by Gasteiger charge is -2.24. The molecule has 0 amide bonds. The van der Waals surface area contributed by atoms with E-state index in [2.05, 4.69) is 42.3 Å². The fraction of sp³-hybridized carbons (Fsp3) is 0.647. The average Bonchev–Trinajstić information content (AvgIpc) is 3.20. The summed E-state index contributed by atoms with van der Waals surface area (Å²) in [6.07, 6.45) is 4.17. The van der Waals surface area contributed by atoms with Gasteiger partial charge in [0, 0.05) is 19.1 Å². The van der Waals surface area contributed by atoms with E-state index >= 15 is 0 Å². The van der Waals surface area contributed by atoms with E-state index in [1.165, 1.54) is 55.6 Å². The summed E-state index contributed by atoms with van der Waals surface area (Å²) in [4.78, 5) is 2.65. The van der Waals surface area contributed by atoms with Gasteiger partial charge < -0.3 is 5.32 Å². The third-order valence-corrected chi connectivity index (χ3v) is 4.68. The molecule has 2 fully saturated rings. The molecule has 2 heteroatoms. The molecule has 0 aromatic heterocycles. The molecule has 19 heavy (non-hydrogen) atoms. The van der Waals surface area contributed by atoms with Crippen LogP contribution >= 0.6 is 0 Å². The van der Waals surface area contributed by atoms with Gasteiger partial charge in [0.05, 0.1) is 0 Å². The lowest BCUT2D eigenvalue weighted by atomic mass is 10.1. The fourth-order valence-electron chi connectivity index (χ4n) is 3.14. The summed E-state index contributed by atoms with van der Waals surface area (Å²) < 4.78 is 0. The van der Waals surface area contributed by atoms with Crippen molar-refractivity contribution in [2.45, 2.75) is 45.7 Å². The van der Waals surface area contributed by atoms with Crippen molar-refractivity contribution in [2.75, 3.05) is 19.6 Å². The van der Waals surface area contributed by atoms with Crippen molar-refractivity contribution in [1.82, 2.24) is 10.2 Å². The van der Waals surface area contributed by atoms with Crippen LogP contribution in [0.1, 0.15) is 36.0 Å². The minimum Gasteiger partial charge on any atom is -0.312 e. The maximum absolute atomic E-state index is 3.74.